The quantitative estimate of drug-likeness (QED) is 0.492. The minimum Gasteiger partial charge on any atom is -0.462 e. The molecule has 0 unspecified atom stereocenters. The summed E-state index contributed by atoms with van der Waals surface area (Å²) in [5.41, 5.74) is 2.35. The number of cyclic esters (lactones) is 1. The van der Waals surface area contributed by atoms with Crippen molar-refractivity contribution in [2.75, 3.05) is 6.61 Å². The van der Waals surface area contributed by atoms with E-state index in [2.05, 4.69) is 34.6 Å². The van der Waals surface area contributed by atoms with Crippen LogP contribution in [0.15, 0.2) is 11.1 Å². The van der Waals surface area contributed by atoms with E-state index < -0.39 is 5.41 Å². The molecule has 0 aromatic heterocycles. The zero-order chi connectivity index (χ0) is 22.4. The fourth-order valence-corrected chi connectivity index (χ4v) is 9.90. The molecule has 4 heteroatoms. The highest BCUT2D eigenvalue weighted by Crippen LogP contribution is 2.73. The van der Waals surface area contributed by atoms with Crippen LogP contribution in [0.25, 0.3) is 0 Å². The first-order valence-electron chi connectivity index (χ1n) is 12.5. The van der Waals surface area contributed by atoms with Gasteiger partial charge in [-0.15, -0.1) is 0 Å². The van der Waals surface area contributed by atoms with Gasteiger partial charge >= 0.3 is 11.9 Å². The van der Waals surface area contributed by atoms with Crippen molar-refractivity contribution < 1.29 is 19.1 Å². The highest BCUT2D eigenvalue weighted by atomic mass is 16.5. The van der Waals surface area contributed by atoms with E-state index in [9.17, 15) is 9.59 Å². The van der Waals surface area contributed by atoms with E-state index in [1.165, 1.54) is 39.0 Å². The van der Waals surface area contributed by atoms with Crippen molar-refractivity contribution in [2.45, 2.75) is 99.0 Å². The molecule has 0 saturated heterocycles. The summed E-state index contributed by atoms with van der Waals surface area (Å²) >= 11 is 0. The second-order valence-corrected chi connectivity index (χ2v) is 12.8. The van der Waals surface area contributed by atoms with E-state index in [-0.39, 0.29) is 28.9 Å². The molecule has 0 aromatic carbocycles. The van der Waals surface area contributed by atoms with Crippen molar-refractivity contribution in [2.24, 2.45) is 39.4 Å². The Kier molecular flexibility index (Phi) is 4.59. The van der Waals surface area contributed by atoms with Crippen LogP contribution in [0, 0.1) is 39.4 Å². The molecule has 0 bridgehead atoms. The molecular formula is C27H40O4. The van der Waals surface area contributed by atoms with Gasteiger partial charge in [-0.25, -0.2) is 4.79 Å². The zero-order valence-corrected chi connectivity index (χ0v) is 20.3. The maximum Gasteiger partial charge on any atom is 0.335 e. The van der Waals surface area contributed by atoms with E-state index in [1.54, 1.807) is 0 Å². The van der Waals surface area contributed by atoms with Gasteiger partial charge < -0.3 is 9.47 Å². The Morgan fingerprint density at radius 1 is 0.968 bits per heavy atom. The Balaban J connectivity index is 1.64. The van der Waals surface area contributed by atoms with Gasteiger partial charge in [0, 0.05) is 17.9 Å². The molecule has 172 valence electrons. The molecule has 31 heavy (non-hydrogen) atoms. The van der Waals surface area contributed by atoms with E-state index in [1.807, 2.05) is 0 Å². The molecule has 1 aliphatic heterocycles. The predicted molar refractivity (Wildman–Crippen MR) is 119 cm³/mol. The normalized spacial score (nSPS) is 48.1. The monoisotopic (exact) mass is 428 g/mol. The van der Waals surface area contributed by atoms with Crippen LogP contribution in [0.5, 0.6) is 0 Å². The molecule has 3 fully saturated rings. The minimum absolute atomic E-state index is 0.158. The summed E-state index contributed by atoms with van der Waals surface area (Å²) in [4.78, 5) is 25.2. The summed E-state index contributed by atoms with van der Waals surface area (Å²) in [6, 6.07) is 0. The molecule has 3 saturated carbocycles. The molecule has 5 rings (SSSR count). The molecule has 0 radical (unpaired) electrons. The summed E-state index contributed by atoms with van der Waals surface area (Å²) in [6.45, 7) is 14.2. The van der Waals surface area contributed by atoms with Crippen LogP contribution in [0.1, 0.15) is 92.9 Å². The summed E-state index contributed by atoms with van der Waals surface area (Å²) in [5.74, 6) is 1.17. The van der Waals surface area contributed by atoms with Gasteiger partial charge in [-0.2, -0.15) is 0 Å². The molecule has 0 aromatic rings. The van der Waals surface area contributed by atoms with Crippen LogP contribution in [0.2, 0.25) is 0 Å². The number of carbonyl (C=O) groups is 2. The van der Waals surface area contributed by atoms with Crippen LogP contribution in [-0.4, -0.2) is 24.6 Å². The third-order valence-corrected chi connectivity index (χ3v) is 11.0. The average Bonchev–Trinajstić information content (AvgIpc) is 3.04. The number of esters is 2. The summed E-state index contributed by atoms with van der Waals surface area (Å²) in [7, 11) is 0. The Labute approximate surface area is 187 Å². The van der Waals surface area contributed by atoms with Crippen molar-refractivity contribution in [3.63, 3.8) is 0 Å². The van der Waals surface area contributed by atoms with Gasteiger partial charge in [-0.3, -0.25) is 4.79 Å². The lowest BCUT2D eigenvalue weighted by Crippen LogP contribution is -2.66. The summed E-state index contributed by atoms with van der Waals surface area (Å²) in [5, 5.41) is 0. The minimum atomic E-state index is -0.439. The molecule has 0 spiro atoms. The standard InChI is InChI=1S/C27H40O4/c1-16(28)31-21-14-20-25(4)12-7-11-24(2,3)18(25)10-13-26(20,5)19-9-8-17-15-30-23(29)22(17)27(19,21)6/h18-21H,7-15H2,1-6H3/t18-,19-,20+,21+,25-,26-,27+/m0/s1. The Morgan fingerprint density at radius 2 is 1.68 bits per heavy atom. The molecule has 4 nitrogen and oxygen atoms in total. The van der Waals surface area contributed by atoms with Gasteiger partial charge in [0.15, 0.2) is 0 Å². The Bertz CT molecular complexity index is 855. The van der Waals surface area contributed by atoms with Gasteiger partial charge in [0.2, 0.25) is 0 Å². The van der Waals surface area contributed by atoms with Gasteiger partial charge in [-0.05, 0) is 84.5 Å². The van der Waals surface area contributed by atoms with E-state index in [0.29, 0.717) is 29.8 Å². The van der Waals surface area contributed by atoms with Crippen LogP contribution in [0.4, 0.5) is 0 Å². The van der Waals surface area contributed by atoms with Crippen LogP contribution < -0.4 is 0 Å². The second kappa shape index (κ2) is 6.60. The van der Waals surface area contributed by atoms with E-state index >= 15 is 0 Å². The van der Waals surface area contributed by atoms with Gasteiger partial charge in [-0.1, -0.05) is 41.0 Å². The maximum absolute atomic E-state index is 12.9. The first kappa shape index (κ1) is 21.5. The largest absolute Gasteiger partial charge is 0.462 e. The van der Waals surface area contributed by atoms with Crippen molar-refractivity contribution in [3.05, 3.63) is 11.1 Å². The topological polar surface area (TPSA) is 52.6 Å². The van der Waals surface area contributed by atoms with Crippen molar-refractivity contribution in [1.29, 1.82) is 0 Å². The molecule has 4 aliphatic carbocycles. The number of rotatable bonds is 1. The lowest BCUT2D eigenvalue weighted by atomic mass is 9.35. The van der Waals surface area contributed by atoms with Crippen molar-refractivity contribution in [1.82, 2.24) is 0 Å². The smallest absolute Gasteiger partial charge is 0.335 e. The number of fused-ring (bicyclic) bond motifs is 6. The highest BCUT2D eigenvalue weighted by molar-refractivity contribution is 5.94. The third kappa shape index (κ3) is 2.72. The van der Waals surface area contributed by atoms with Crippen molar-refractivity contribution in [3.8, 4) is 0 Å². The third-order valence-electron chi connectivity index (χ3n) is 11.0. The second-order valence-electron chi connectivity index (χ2n) is 12.8. The molecule has 5 aliphatic rings. The van der Waals surface area contributed by atoms with E-state index in [0.717, 1.165) is 30.4 Å². The van der Waals surface area contributed by atoms with Gasteiger partial charge in [0.1, 0.15) is 12.7 Å². The molecule has 1 heterocycles. The van der Waals surface area contributed by atoms with Gasteiger partial charge in [0.25, 0.3) is 0 Å². The van der Waals surface area contributed by atoms with Gasteiger partial charge in [0.05, 0.1) is 0 Å². The van der Waals surface area contributed by atoms with E-state index in [4.69, 9.17) is 9.47 Å². The number of hydrogen-bond donors (Lipinski definition) is 0. The number of ether oxygens (including phenoxy) is 2. The van der Waals surface area contributed by atoms with Crippen LogP contribution in [0.3, 0.4) is 0 Å². The van der Waals surface area contributed by atoms with Crippen LogP contribution >= 0.6 is 0 Å². The molecule has 0 N–H and O–H groups in total. The van der Waals surface area contributed by atoms with Crippen molar-refractivity contribution >= 4 is 11.9 Å². The summed E-state index contributed by atoms with van der Waals surface area (Å²) in [6.07, 6.45) is 9.00. The Hall–Kier alpha value is -1.32. The number of carbonyl (C=O) groups excluding carboxylic acids is 2. The summed E-state index contributed by atoms with van der Waals surface area (Å²) < 4.78 is 11.6. The SMILES string of the molecule is CC(=O)O[C@@H]1C[C@@H]2[C@@]3(C)CCCC(C)(C)[C@@H]3CC[C@@]2(C)[C@@H]2CCC3=C(C(=O)OC3)[C@@]12C. The fourth-order valence-electron chi connectivity index (χ4n) is 9.90. The zero-order valence-electron chi connectivity index (χ0n) is 20.3. The lowest BCUT2D eigenvalue weighted by molar-refractivity contribution is -0.225. The molecule has 0 amide bonds. The number of hydrogen-bond acceptors (Lipinski definition) is 4. The Morgan fingerprint density at radius 3 is 2.39 bits per heavy atom. The highest BCUT2D eigenvalue weighted by Gasteiger charge is 2.69. The average molecular weight is 429 g/mol. The lowest BCUT2D eigenvalue weighted by Gasteiger charge is -2.70. The predicted octanol–water partition coefficient (Wildman–Crippen LogP) is 5.84. The fraction of sp³-hybridized carbons (Fsp3) is 0.852. The van der Waals surface area contributed by atoms with Crippen LogP contribution in [-0.2, 0) is 19.1 Å². The first-order valence-corrected chi connectivity index (χ1v) is 12.5. The maximum atomic E-state index is 12.9. The molecular weight excluding hydrogens is 388 g/mol. The first-order chi connectivity index (χ1) is 14.4. The molecule has 7 atom stereocenters.